The predicted octanol–water partition coefficient (Wildman–Crippen LogP) is 3.43. The number of oxazole rings is 1. The van der Waals surface area contributed by atoms with E-state index in [-0.39, 0.29) is 12.3 Å². The summed E-state index contributed by atoms with van der Waals surface area (Å²) in [7, 11) is 0. The summed E-state index contributed by atoms with van der Waals surface area (Å²) in [5, 5.41) is 3.09. The minimum Gasteiger partial charge on any atom is -0.441 e. The number of nitrogens with one attached hydrogen (secondary N) is 1. The van der Waals surface area contributed by atoms with Crippen molar-refractivity contribution in [2.45, 2.75) is 46.1 Å². The molecule has 1 saturated heterocycles. The van der Waals surface area contributed by atoms with Crippen molar-refractivity contribution in [3.05, 3.63) is 41.8 Å². The summed E-state index contributed by atoms with van der Waals surface area (Å²) >= 11 is 0. The lowest BCUT2D eigenvalue weighted by atomic mass is 9.97. The Labute approximate surface area is 155 Å². The average molecular weight is 355 g/mol. The smallest absolute Gasteiger partial charge is 0.226 e. The third kappa shape index (κ3) is 4.73. The predicted molar refractivity (Wildman–Crippen MR) is 103 cm³/mol. The summed E-state index contributed by atoms with van der Waals surface area (Å²) in [6, 6.07) is 10.3. The molecule has 140 valence electrons. The first-order valence-electron chi connectivity index (χ1n) is 9.55. The zero-order chi connectivity index (χ0) is 18.5. The Balaban J connectivity index is 1.53. The van der Waals surface area contributed by atoms with Gasteiger partial charge >= 0.3 is 0 Å². The van der Waals surface area contributed by atoms with E-state index in [1.165, 1.54) is 19.4 Å². The van der Waals surface area contributed by atoms with Crippen LogP contribution in [0.3, 0.4) is 0 Å². The van der Waals surface area contributed by atoms with E-state index in [4.69, 9.17) is 4.42 Å². The first-order valence-corrected chi connectivity index (χ1v) is 9.55. The molecule has 2 aromatic rings. The maximum Gasteiger partial charge on any atom is 0.226 e. The summed E-state index contributed by atoms with van der Waals surface area (Å²) in [6.45, 7) is 9.31. The van der Waals surface area contributed by atoms with Crippen molar-refractivity contribution in [1.29, 1.82) is 0 Å². The Bertz CT molecular complexity index is 724. The highest BCUT2D eigenvalue weighted by atomic mass is 16.4. The fraction of sp³-hybridized carbons (Fsp3) is 0.524. The monoisotopic (exact) mass is 355 g/mol. The normalized spacial score (nSPS) is 18.2. The molecule has 1 aromatic heterocycles. The molecule has 1 aromatic carbocycles. The molecule has 1 fully saturated rings. The van der Waals surface area contributed by atoms with E-state index in [0.717, 1.165) is 18.7 Å². The SMILES string of the molecule is Cc1oc(-c2ccccc2)nc1CC(=O)NCC1CCCN(C(C)C)C1. The zero-order valence-electron chi connectivity index (χ0n) is 16.0. The molecule has 0 spiro atoms. The Morgan fingerprint density at radius 1 is 1.35 bits per heavy atom. The molecule has 1 unspecified atom stereocenters. The van der Waals surface area contributed by atoms with Crippen LogP contribution in [-0.4, -0.2) is 41.5 Å². The molecule has 0 aliphatic carbocycles. The van der Waals surface area contributed by atoms with Gasteiger partial charge in [0, 0.05) is 24.7 Å². The number of amides is 1. The van der Waals surface area contributed by atoms with E-state index >= 15 is 0 Å². The Morgan fingerprint density at radius 3 is 2.85 bits per heavy atom. The number of aryl methyl sites for hydroxylation is 1. The van der Waals surface area contributed by atoms with Crippen LogP contribution in [0.1, 0.15) is 38.1 Å². The van der Waals surface area contributed by atoms with Gasteiger partial charge in [-0.3, -0.25) is 4.79 Å². The second-order valence-corrected chi connectivity index (χ2v) is 7.47. The minimum atomic E-state index is 0.0164. The number of benzene rings is 1. The van der Waals surface area contributed by atoms with Crippen LogP contribution in [-0.2, 0) is 11.2 Å². The Morgan fingerprint density at radius 2 is 2.12 bits per heavy atom. The topological polar surface area (TPSA) is 58.4 Å². The molecular formula is C21H29N3O2. The highest BCUT2D eigenvalue weighted by Crippen LogP contribution is 2.22. The van der Waals surface area contributed by atoms with Gasteiger partial charge in [-0.1, -0.05) is 18.2 Å². The zero-order valence-corrected chi connectivity index (χ0v) is 16.0. The number of carbonyl (C=O) groups excluding carboxylic acids is 1. The highest BCUT2D eigenvalue weighted by Gasteiger charge is 2.22. The molecule has 1 aliphatic rings. The van der Waals surface area contributed by atoms with Crippen LogP contribution in [0.2, 0.25) is 0 Å². The third-order valence-electron chi connectivity index (χ3n) is 5.11. The van der Waals surface area contributed by atoms with Crippen molar-refractivity contribution in [2.24, 2.45) is 5.92 Å². The number of hydrogen-bond acceptors (Lipinski definition) is 4. The van der Waals surface area contributed by atoms with Crippen molar-refractivity contribution in [3.63, 3.8) is 0 Å². The number of aromatic nitrogens is 1. The lowest BCUT2D eigenvalue weighted by molar-refractivity contribution is -0.120. The van der Waals surface area contributed by atoms with Gasteiger partial charge in [0.1, 0.15) is 5.76 Å². The van der Waals surface area contributed by atoms with Gasteiger partial charge in [0.25, 0.3) is 0 Å². The van der Waals surface area contributed by atoms with Gasteiger partial charge in [-0.2, -0.15) is 0 Å². The number of piperidine rings is 1. The van der Waals surface area contributed by atoms with Gasteiger partial charge in [0.15, 0.2) is 0 Å². The molecule has 2 heterocycles. The maximum absolute atomic E-state index is 12.4. The second kappa shape index (κ2) is 8.49. The summed E-state index contributed by atoms with van der Waals surface area (Å²) in [5.41, 5.74) is 1.65. The van der Waals surface area contributed by atoms with Crippen LogP contribution in [0.5, 0.6) is 0 Å². The van der Waals surface area contributed by atoms with Crippen molar-refractivity contribution >= 4 is 5.91 Å². The van der Waals surface area contributed by atoms with E-state index in [1.807, 2.05) is 37.3 Å². The molecule has 5 nitrogen and oxygen atoms in total. The van der Waals surface area contributed by atoms with Gasteiger partial charge in [-0.25, -0.2) is 4.98 Å². The number of carbonyl (C=O) groups is 1. The van der Waals surface area contributed by atoms with Crippen molar-refractivity contribution in [2.75, 3.05) is 19.6 Å². The molecule has 0 radical (unpaired) electrons. The van der Waals surface area contributed by atoms with Gasteiger partial charge in [0.2, 0.25) is 11.8 Å². The van der Waals surface area contributed by atoms with Gasteiger partial charge < -0.3 is 14.6 Å². The molecule has 1 amide bonds. The van der Waals surface area contributed by atoms with Crippen molar-refractivity contribution in [1.82, 2.24) is 15.2 Å². The molecule has 1 N–H and O–H groups in total. The largest absolute Gasteiger partial charge is 0.441 e. The molecule has 5 heteroatoms. The van der Waals surface area contributed by atoms with Crippen LogP contribution in [0.4, 0.5) is 0 Å². The van der Waals surface area contributed by atoms with Gasteiger partial charge in [-0.05, 0) is 58.2 Å². The summed E-state index contributed by atoms with van der Waals surface area (Å²) < 4.78 is 5.74. The van der Waals surface area contributed by atoms with Crippen molar-refractivity contribution < 1.29 is 9.21 Å². The Kier molecular flexibility index (Phi) is 6.09. The van der Waals surface area contributed by atoms with E-state index in [9.17, 15) is 4.79 Å². The van der Waals surface area contributed by atoms with Crippen LogP contribution in [0.25, 0.3) is 11.5 Å². The number of hydrogen-bond donors (Lipinski definition) is 1. The standard InChI is InChI=1S/C21H29N3O2/c1-15(2)24-11-7-8-17(14-24)13-22-20(25)12-19-16(3)26-21(23-19)18-9-5-4-6-10-18/h4-6,9-10,15,17H,7-8,11-14H2,1-3H3,(H,22,25). The summed E-state index contributed by atoms with van der Waals surface area (Å²) in [5.74, 6) is 1.84. The van der Waals surface area contributed by atoms with E-state index in [2.05, 4.69) is 29.0 Å². The molecule has 0 saturated carbocycles. The quantitative estimate of drug-likeness (QED) is 0.862. The molecule has 3 rings (SSSR count). The third-order valence-corrected chi connectivity index (χ3v) is 5.11. The van der Waals surface area contributed by atoms with E-state index in [0.29, 0.717) is 29.3 Å². The van der Waals surface area contributed by atoms with E-state index in [1.54, 1.807) is 0 Å². The highest BCUT2D eigenvalue weighted by molar-refractivity contribution is 5.78. The van der Waals surface area contributed by atoms with E-state index < -0.39 is 0 Å². The van der Waals surface area contributed by atoms with Crippen LogP contribution >= 0.6 is 0 Å². The number of nitrogens with zero attached hydrogens (tertiary/aromatic N) is 2. The van der Waals surface area contributed by atoms with Gasteiger partial charge in [-0.15, -0.1) is 0 Å². The molecule has 1 aliphatic heterocycles. The number of rotatable bonds is 6. The maximum atomic E-state index is 12.4. The lowest BCUT2D eigenvalue weighted by Crippen LogP contribution is -2.44. The molecule has 26 heavy (non-hydrogen) atoms. The van der Waals surface area contributed by atoms with Crippen molar-refractivity contribution in [3.8, 4) is 11.5 Å². The lowest BCUT2D eigenvalue weighted by Gasteiger charge is -2.35. The molecular weight excluding hydrogens is 326 g/mol. The Hall–Kier alpha value is -2.14. The van der Waals surface area contributed by atoms with Crippen LogP contribution < -0.4 is 5.32 Å². The summed E-state index contributed by atoms with van der Waals surface area (Å²) in [6.07, 6.45) is 2.66. The first kappa shape index (κ1) is 18.6. The fourth-order valence-corrected chi connectivity index (χ4v) is 3.50. The van der Waals surface area contributed by atoms with Gasteiger partial charge in [0.05, 0.1) is 12.1 Å². The molecule has 0 bridgehead atoms. The van der Waals surface area contributed by atoms with Crippen LogP contribution in [0.15, 0.2) is 34.7 Å². The van der Waals surface area contributed by atoms with Crippen LogP contribution in [0, 0.1) is 12.8 Å². The second-order valence-electron chi connectivity index (χ2n) is 7.47. The minimum absolute atomic E-state index is 0.0164. The average Bonchev–Trinajstić information content (AvgIpc) is 3.01. The molecule has 1 atom stereocenters. The first-order chi connectivity index (χ1) is 12.5. The summed E-state index contributed by atoms with van der Waals surface area (Å²) in [4.78, 5) is 19.4. The fourth-order valence-electron chi connectivity index (χ4n) is 3.50. The number of likely N-dealkylation sites (tertiary alicyclic amines) is 1.